The van der Waals surface area contributed by atoms with E-state index in [2.05, 4.69) is 24.4 Å². The average Bonchev–Trinajstić information content (AvgIpc) is 3.50. The number of nitrogens with zero attached hydrogens (tertiary/aromatic N) is 3. The van der Waals surface area contributed by atoms with Crippen molar-refractivity contribution in [2.45, 2.75) is 52.2 Å². The van der Waals surface area contributed by atoms with E-state index in [0.717, 1.165) is 34.4 Å². The predicted molar refractivity (Wildman–Crippen MR) is 162 cm³/mol. The van der Waals surface area contributed by atoms with Crippen molar-refractivity contribution in [3.05, 3.63) is 57.6 Å². The van der Waals surface area contributed by atoms with Crippen molar-refractivity contribution in [2.24, 2.45) is 5.41 Å². The minimum Gasteiger partial charge on any atom is -0.496 e. The van der Waals surface area contributed by atoms with Crippen LogP contribution in [0.2, 0.25) is 0 Å². The summed E-state index contributed by atoms with van der Waals surface area (Å²) < 4.78 is 40.8. The van der Waals surface area contributed by atoms with Crippen molar-refractivity contribution in [1.29, 1.82) is 0 Å². The van der Waals surface area contributed by atoms with Crippen LogP contribution < -0.4 is 10.1 Å². The second-order valence-electron chi connectivity index (χ2n) is 13.4. The summed E-state index contributed by atoms with van der Waals surface area (Å²) in [6.45, 7) is 8.30. The summed E-state index contributed by atoms with van der Waals surface area (Å²) in [5.41, 5.74) is -0.00519. The minimum absolute atomic E-state index is 0.0675. The number of methoxy groups -OCH3 is 1. The van der Waals surface area contributed by atoms with E-state index < -0.39 is 34.5 Å². The lowest BCUT2D eigenvalue weighted by Gasteiger charge is -2.39. The van der Waals surface area contributed by atoms with Gasteiger partial charge in [-0.2, -0.15) is 0 Å². The first-order valence-corrected chi connectivity index (χ1v) is 15.5. The number of carbonyl (C=O) groups is 3. The number of piperazine rings is 1. The summed E-state index contributed by atoms with van der Waals surface area (Å²) in [5, 5.41) is 3.50. The van der Waals surface area contributed by atoms with Gasteiger partial charge < -0.3 is 24.2 Å². The zero-order valence-corrected chi connectivity index (χ0v) is 26.8. The minimum atomic E-state index is -1.27. The van der Waals surface area contributed by atoms with E-state index in [1.807, 2.05) is 4.90 Å². The molecule has 0 unspecified atom stereocenters. The standard InChI is InChI=1S/C32H38F2N4O5S/c1-31(2,3)43-28(39)17-32(15-19-11-22(33)23(34)12-20(19)16-32)30(41)35-18-27-36-24-13-21(25(42-6)14-26(24)44-27)29(40)37-7-9-38(4,5)10-8-37/h11-14H,7-10,15-18H2,1-6H3/p+1. The zero-order valence-electron chi connectivity index (χ0n) is 26.0. The Morgan fingerprint density at radius 3 is 2.23 bits per heavy atom. The quantitative estimate of drug-likeness (QED) is 0.310. The molecule has 2 heterocycles. The summed E-state index contributed by atoms with van der Waals surface area (Å²) in [6.07, 6.45) is -0.109. The smallest absolute Gasteiger partial charge is 0.307 e. The summed E-state index contributed by atoms with van der Waals surface area (Å²) in [4.78, 5) is 46.6. The Morgan fingerprint density at radius 1 is 1.05 bits per heavy atom. The Balaban J connectivity index is 1.35. The largest absolute Gasteiger partial charge is 0.496 e. The molecule has 1 saturated heterocycles. The molecule has 1 aliphatic heterocycles. The lowest BCUT2D eigenvalue weighted by molar-refractivity contribution is -0.894. The van der Waals surface area contributed by atoms with Crippen molar-refractivity contribution in [3.63, 3.8) is 0 Å². The van der Waals surface area contributed by atoms with Crippen molar-refractivity contribution in [2.75, 3.05) is 47.4 Å². The molecule has 0 bridgehead atoms. The molecule has 0 spiro atoms. The molecule has 1 aromatic heterocycles. The molecule has 1 aliphatic carbocycles. The molecule has 5 rings (SSSR count). The van der Waals surface area contributed by atoms with Crippen LogP contribution in [0.15, 0.2) is 24.3 Å². The number of rotatable bonds is 7. The Hall–Kier alpha value is -3.64. The fourth-order valence-electron chi connectivity index (χ4n) is 5.91. The van der Waals surface area contributed by atoms with E-state index in [4.69, 9.17) is 9.47 Å². The number of fused-ring (bicyclic) bond motifs is 2. The van der Waals surface area contributed by atoms with Crippen LogP contribution in [0.3, 0.4) is 0 Å². The highest BCUT2D eigenvalue weighted by atomic mass is 32.1. The molecule has 2 amide bonds. The molecule has 3 aromatic rings. The molecule has 0 saturated carbocycles. The SMILES string of the molecule is COc1cc2sc(CNC(=O)C3(CC(=O)OC(C)(C)C)Cc4cc(F)c(F)cc4C3)nc2cc1C(=O)N1CC[N+](C)(C)CC1. The van der Waals surface area contributed by atoms with Crippen LogP contribution in [-0.2, 0) is 33.7 Å². The van der Waals surface area contributed by atoms with Gasteiger partial charge in [-0.15, -0.1) is 11.3 Å². The van der Waals surface area contributed by atoms with Gasteiger partial charge in [-0.05, 0) is 62.9 Å². The number of likely N-dealkylation sites (N-methyl/N-ethyl adjacent to an activating group) is 1. The average molecular weight is 630 g/mol. The normalized spacial score (nSPS) is 17.3. The molecule has 0 radical (unpaired) electrons. The van der Waals surface area contributed by atoms with E-state index in [9.17, 15) is 23.2 Å². The van der Waals surface area contributed by atoms with E-state index in [-0.39, 0.29) is 31.7 Å². The van der Waals surface area contributed by atoms with Crippen molar-refractivity contribution >= 4 is 39.3 Å². The number of hydrogen-bond donors (Lipinski definition) is 1. The first-order valence-electron chi connectivity index (χ1n) is 14.6. The van der Waals surface area contributed by atoms with Gasteiger partial charge in [0.15, 0.2) is 11.6 Å². The number of benzene rings is 2. The number of aromatic nitrogens is 1. The van der Waals surface area contributed by atoms with E-state index >= 15 is 0 Å². The number of carbonyl (C=O) groups excluding carboxylic acids is 3. The Labute approximate surface area is 259 Å². The topological polar surface area (TPSA) is 97.8 Å². The number of hydrogen-bond acceptors (Lipinski definition) is 7. The number of nitrogens with one attached hydrogen (secondary N) is 1. The van der Waals surface area contributed by atoms with Crippen LogP contribution in [0, 0.1) is 17.0 Å². The van der Waals surface area contributed by atoms with E-state index in [0.29, 0.717) is 46.1 Å². The second-order valence-corrected chi connectivity index (χ2v) is 14.5. The van der Waals surface area contributed by atoms with Crippen molar-refractivity contribution < 1.29 is 37.1 Å². The van der Waals surface area contributed by atoms with Crippen molar-refractivity contribution in [1.82, 2.24) is 15.2 Å². The zero-order chi connectivity index (χ0) is 32.0. The molecule has 9 nitrogen and oxygen atoms in total. The van der Waals surface area contributed by atoms with Gasteiger partial charge in [-0.3, -0.25) is 14.4 Å². The summed E-state index contributed by atoms with van der Waals surface area (Å²) in [5.74, 6) is -2.64. The van der Waals surface area contributed by atoms with Crippen LogP contribution in [-0.4, -0.2) is 85.1 Å². The van der Waals surface area contributed by atoms with Crippen LogP contribution >= 0.6 is 11.3 Å². The first-order chi connectivity index (χ1) is 20.6. The molecule has 1 N–H and O–H groups in total. The molecular formula is C32H39F2N4O5S+. The highest BCUT2D eigenvalue weighted by Gasteiger charge is 2.46. The van der Waals surface area contributed by atoms with Crippen LogP contribution in [0.1, 0.15) is 53.7 Å². The fraction of sp³-hybridized carbons (Fsp3) is 0.500. The van der Waals surface area contributed by atoms with Gasteiger partial charge in [0, 0.05) is 6.07 Å². The highest BCUT2D eigenvalue weighted by molar-refractivity contribution is 7.18. The Bertz CT molecular complexity index is 1590. The van der Waals surface area contributed by atoms with Gasteiger partial charge >= 0.3 is 5.97 Å². The Morgan fingerprint density at radius 2 is 1.66 bits per heavy atom. The molecule has 236 valence electrons. The fourth-order valence-corrected chi connectivity index (χ4v) is 6.82. The van der Waals surface area contributed by atoms with Gasteiger partial charge in [-0.25, -0.2) is 13.8 Å². The van der Waals surface area contributed by atoms with Gasteiger partial charge in [0.1, 0.15) is 16.4 Å². The van der Waals surface area contributed by atoms with E-state index in [1.54, 1.807) is 32.9 Å². The summed E-state index contributed by atoms with van der Waals surface area (Å²) >= 11 is 1.35. The number of amides is 2. The predicted octanol–water partition coefficient (Wildman–Crippen LogP) is 4.25. The van der Waals surface area contributed by atoms with Crippen LogP contribution in [0.4, 0.5) is 8.78 Å². The summed E-state index contributed by atoms with van der Waals surface area (Å²) in [7, 11) is 5.82. The van der Waals surface area contributed by atoms with Gasteiger partial charge in [0.2, 0.25) is 5.91 Å². The third-order valence-electron chi connectivity index (χ3n) is 8.31. The summed E-state index contributed by atoms with van der Waals surface area (Å²) in [6, 6.07) is 5.71. The van der Waals surface area contributed by atoms with Gasteiger partial charge in [0.05, 0.1) is 81.5 Å². The molecule has 44 heavy (non-hydrogen) atoms. The van der Waals surface area contributed by atoms with Crippen molar-refractivity contribution in [3.8, 4) is 5.75 Å². The van der Waals surface area contributed by atoms with Gasteiger partial charge in [-0.1, -0.05) is 0 Å². The lowest BCUT2D eigenvalue weighted by Crippen LogP contribution is -2.56. The monoisotopic (exact) mass is 629 g/mol. The number of quaternary nitrogens is 1. The lowest BCUT2D eigenvalue weighted by atomic mass is 9.80. The highest BCUT2D eigenvalue weighted by Crippen LogP contribution is 2.42. The maximum absolute atomic E-state index is 14.0. The van der Waals surface area contributed by atoms with Crippen LogP contribution in [0.25, 0.3) is 10.2 Å². The molecular weight excluding hydrogens is 590 g/mol. The maximum Gasteiger partial charge on any atom is 0.307 e. The maximum atomic E-state index is 14.0. The first kappa shape index (κ1) is 31.8. The number of esters is 1. The Kier molecular flexibility index (Phi) is 8.45. The molecule has 2 aromatic carbocycles. The van der Waals surface area contributed by atoms with Crippen LogP contribution in [0.5, 0.6) is 5.75 Å². The van der Waals surface area contributed by atoms with Gasteiger partial charge in [0.25, 0.3) is 5.91 Å². The second kappa shape index (κ2) is 11.7. The molecule has 12 heteroatoms. The number of halogens is 2. The number of ether oxygens (including phenoxy) is 2. The molecule has 2 aliphatic rings. The third-order valence-corrected chi connectivity index (χ3v) is 9.33. The molecule has 0 atom stereocenters. The molecule has 1 fully saturated rings. The van der Waals surface area contributed by atoms with E-state index in [1.165, 1.54) is 18.4 Å². The number of thiazole rings is 1. The third kappa shape index (κ3) is 6.71.